The first-order valence-corrected chi connectivity index (χ1v) is 19.8. The molecule has 0 amide bonds. The van der Waals surface area contributed by atoms with Crippen LogP contribution in [-0.2, 0) is 20.4 Å². The third-order valence-electron chi connectivity index (χ3n) is 10.7. The van der Waals surface area contributed by atoms with Crippen molar-refractivity contribution in [2.45, 2.75) is 41.5 Å². The van der Waals surface area contributed by atoms with Gasteiger partial charge in [0.1, 0.15) is 5.82 Å². The Morgan fingerprint density at radius 1 is 0.541 bits per heavy atom. The van der Waals surface area contributed by atoms with E-state index < -0.39 is 11.6 Å². The van der Waals surface area contributed by atoms with Gasteiger partial charge in [0.2, 0.25) is 0 Å². The van der Waals surface area contributed by atoms with Crippen LogP contribution in [0.5, 0.6) is 11.5 Å². The smallest absolute Gasteiger partial charge is 0.500 e. The molecule has 306 valence electrons. The van der Waals surface area contributed by atoms with Gasteiger partial charge >= 0.3 is 20.4 Å². The molecule has 0 atom stereocenters. The fourth-order valence-corrected chi connectivity index (χ4v) is 8.21. The van der Waals surface area contributed by atoms with Gasteiger partial charge in [0.25, 0.3) is 0 Å². The van der Waals surface area contributed by atoms with Crippen LogP contribution in [0.25, 0.3) is 33.5 Å². The van der Waals surface area contributed by atoms with E-state index in [4.69, 9.17) is 9.72 Å². The van der Waals surface area contributed by atoms with E-state index in [0.29, 0.717) is 22.9 Å². The summed E-state index contributed by atoms with van der Waals surface area (Å²) in [4.78, 5) is 13.3. The molecule has 0 N–H and O–H groups in total. The molecule has 8 aromatic rings. The maximum absolute atomic E-state index is 15.9. The van der Waals surface area contributed by atoms with Gasteiger partial charge in [-0.25, -0.2) is 4.98 Å². The summed E-state index contributed by atoms with van der Waals surface area (Å²) < 4.78 is 38.0. The van der Waals surface area contributed by atoms with Crippen molar-refractivity contribution in [3.05, 3.63) is 197 Å². The number of para-hydroxylation sites is 2. The molecule has 0 fully saturated rings. The normalized spacial score (nSPS) is 10.9. The Kier molecular flexibility index (Phi) is 12.6. The molecule has 2 aromatic heterocycles. The summed E-state index contributed by atoms with van der Waals surface area (Å²) in [5.74, 6) is -1.14. The van der Waals surface area contributed by atoms with Crippen LogP contribution in [0.2, 0.25) is 0 Å². The molecule has 6 aromatic carbocycles. The quantitative estimate of drug-likeness (QED) is 0.101. The monoisotopic (exact) mass is 896 g/mol. The second-order valence-corrected chi connectivity index (χ2v) is 15.3. The van der Waals surface area contributed by atoms with E-state index in [1.54, 1.807) is 24.5 Å². The van der Waals surface area contributed by atoms with Gasteiger partial charge in [0.05, 0.1) is 11.6 Å². The van der Waals surface area contributed by atoms with Crippen molar-refractivity contribution in [1.29, 1.82) is 0 Å². The molecule has 0 aliphatic rings. The largest absolute Gasteiger partial charge is 2.00 e. The predicted molar refractivity (Wildman–Crippen MR) is 240 cm³/mol. The maximum Gasteiger partial charge on any atom is 2.00 e. The Morgan fingerprint density at radius 2 is 1.07 bits per heavy atom. The van der Waals surface area contributed by atoms with E-state index in [2.05, 4.69) is 93.9 Å². The number of aryl methyl sites for hydroxylation is 6. The van der Waals surface area contributed by atoms with Crippen LogP contribution in [0.15, 0.2) is 140 Å². The summed E-state index contributed by atoms with van der Waals surface area (Å²) in [6, 6.07) is 47.2. The first-order valence-electron chi connectivity index (χ1n) is 19.8. The van der Waals surface area contributed by atoms with E-state index in [-0.39, 0.29) is 37.5 Å². The van der Waals surface area contributed by atoms with Crippen molar-refractivity contribution in [3.8, 4) is 45.0 Å². The molecule has 0 saturated carbocycles. The number of pyridine rings is 2. The van der Waals surface area contributed by atoms with Crippen molar-refractivity contribution in [2.24, 2.45) is 0 Å². The SMILES string of the molecule is Cc1cc(C)c(-c2ccnc(-c3[c-]c(Oc4[c-]c(N(C)c5cc(-c6c(C)cc(C)cc6C)ccn5)cc(N(c5ccccc5)c5ccccc5)c4)c(F)cc3F)c2)c(C)c1.[Pd+2]. The minimum absolute atomic E-state index is 0. The minimum atomic E-state index is -0.910. The average molecular weight is 897 g/mol. The van der Waals surface area contributed by atoms with Gasteiger partial charge in [-0.1, -0.05) is 107 Å². The molecule has 8 rings (SSSR count). The second-order valence-electron chi connectivity index (χ2n) is 15.3. The summed E-state index contributed by atoms with van der Waals surface area (Å²) in [5, 5.41) is 0. The first-order chi connectivity index (χ1) is 28.9. The third kappa shape index (κ3) is 9.02. The van der Waals surface area contributed by atoms with Crippen molar-refractivity contribution >= 4 is 28.6 Å². The number of ether oxygens (including phenoxy) is 1. The Bertz CT molecular complexity index is 2780. The summed E-state index contributed by atoms with van der Waals surface area (Å²) in [7, 11) is 1.91. The molecule has 8 heteroatoms. The molecular weight excluding hydrogens is 853 g/mol. The van der Waals surface area contributed by atoms with Gasteiger partial charge in [0.15, 0.2) is 0 Å². The zero-order chi connectivity index (χ0) is 42.1. The van der Waals surface area contributed by atoms with Crippen LogP contribution in [-0.4, -0.2) is 17.0 Å². The zero-order valence-electron chi connectivity index (χ0n) is 35.0. The maximum atomic E-state index is 15.9. The zero-order valence-corrected chi connectivity index (χ0v) is 36.6. The molecule has 0 spiro atoms. The predicted octanol–water partition coefficient (Wildman–Crippen LogP) is 14.2. The van der Waals surface area contributed by atoms with Crippen LogP contribution in [0.4, 0.5) is 37.3 Å². The number of rotatable bonds is 10. The summed E-state index contributed by atoms with van der Waals surface area (Å²) >= 11 is 0. The Hall–Kier alpha value is -6.46. The number of hydrogen-bond donors (Lipinski definition) is 0. The van der Waals surface area contributed by atoms with Gasteiger partial charge in [-0.15, -0.1) is 18.2 Å². The Morgan fingerprint density at radius 3 is 1.62 bits per heavy atom. The van der Waals surface area contributed by atoms with Crippen LogP contribution in [0.3, 0.4) is 0 Å². The Labute approximate surface area is 371 Å². The van der Waals surface area contributed by atoms with Crippen molar-refractivity contribution in [1.82, 2.24) is 9.97 Å². The van der Waals surface area contributed by atoms with Gasteiger partial charge < -0.3 is 19.5 Å². The number of anilines is 5. The van der Waals surface area contributed by atoms with Crippen LogP contribution < -0.4 is 14.5 Å². The first kappa shape index (κ1) is 42.7. The second kappa shape index (κ2) is 18.0. The van der Waals surface area contributed by atoms with E-state index in [0.717, 1.165) is 56.4 Å². The van der Waals surface area contributed by atoms with Crippen LogP contribution in [0.1, 0.15) is 33.4 Å². The molecular formula is C53H44F2N4OPd. The molecule has 0 saturated heterocycles. The van der Waals surface area contributed by atoms with Crippen LogP contribution in [0, 0.1) is 65.3 Å². The molecule has 0 aliphatic heterocycles. The molecule has 5 nitrogen and oxygen atoms in total. The third-order valence-corrected chi connectivity index (χ3v) is 10.7. The fourth-order valence-electron chi connectivity index (χ4n) is 8.21. The van der Waals surface area contributed by atoms with Gasteiger partial charge in [0, 0.05) is 42.4 Å². The molecule has 0 radical (unpaired) electrons. The number of halogens is 2. The number of aromatic nitrogens is 2. The number of benzene rings is 6. The van der Waals surface area contributed by atoms with Crippen LogP contribution >= 0.6 is 0 Å². The molecule has 2 heterocycles. The molecule has 0 bridgehead atoms. The summed E-state index contributed by atoms with van der Waals surface area (Å²) in [5.41, 5.74) is 14.4. The van der Waals surface area contributed by atoms with E-state index in [1.807, 2.05) is 90.8 Å². The molecule has 0 unspecified atom stereocenters. The molecule has 0 aliphatic carbocycles. The molecule has 61 heavy (non-hydrogen) atoms. The number of hydrogen-bond acceptors (Lipinski definition) is 5. The fraction of sp³-hybridized carbons (Fsp3) is 0.132. The summed E-state index contributed by atoms with van der Waals surface area (Å²) in [6.07, 6.45) is 3.43. The standard InChI is InChI=1S/C53H44F2N4O.Pd/c1-33-22-35(3)52(36(4)23-33)39-18-20-56-49(26-39)46-31-50(48(55)32-47(46)54)60-45-29-43(28-44(30-45)59(41-14-10-8-11-15-41)42-16-12-9-13-17-42)58(7)51-27-40(19-21-57-51)53-37(5)24-34(2)25-38(53)6;/h8-28,30,32H,1-7H3;/q-2;+2. The van der Waals surface area contributed by atoms with E-state index >= 15 is 8.78 Å². The van der Waals surface area contributed by atoms with Crippen molar-refractivity contribution in [3.63, 3.8) is 0 Å². The van der Waals surface area contributed by atoms with Crippen molar-refractivity contribution in [2.75, 3.05) is 16.8 Å². The Balaban J connectivity index is 0.00000561. The van der Waals surface area contributed by atoms with Crippen molar-refractivity contribution < 1.29 is 33.9 Å². The van der Waals surface area contributed by atoms with Gasteiger partial charge in [-0.2, -0.15) is 0 Å². The average Bonchev–Trinajstić information content (AvgIpc) is 3.22. The van der Waals surface area contributed by atoms with E-state index in [9.17, 15) is 0 Å². The van der Waals surface area contributed by atoms with Gasteiger partial charge in [-0.05, 0) is 134 Å². The topological polar surface area (TPSA) is 41.5 Å². The summed E-state index contributed by atoms with van der Waals surface area (Å²) in [6.45, 7) is 12.5. The van der Waals surface area contributed by atoms with E-state index in [1.165, 1.54) is 16.7 Å². The van der Waals surface area contributed by atoms with Gasteiger partial charge in [-0.3, -0.25) is 8.78 Å². The minimum Gasteiger partial charge on any atom is -0.500 e. The number of nitrogens with zero attached hydrogens (tertiary/aromatic N) is 4.